The van der Waals surface area contributed by atoms with Crippen molar-refractivity contribution in [1.29, 1.82) is 0 Å². The van der Waals surface area contributed by atoms with Crippen molar-refractivity contribution in [3.05, 3.63) is 192 Å². The van der Waals surface area contributed by atoms with Gasteiger partial charge in [-0.3, -0.25) is 37.5 Å². The lowest BCUT2D eigenvalue weighted by atomic mass is 9.77. The third-order valence-electron chi connectivity index (χ3n) is 23.8. The van der Waals surface area contributed by atoms with Gasteiger partial charge in [-0.05, 0) is 206 Å². The number of halogens is 1. The number of alkyl halides is 1. The minimum Gasteiger partial charge on any atom is -0.497 e. The van der Waals surface area contributed by atoms with Crippen LogP contribution in [0.1, 0.15) is 142 Å². The Kier molecular flexibility index (Phi) is 35.7. The second-order valence-corrected chi connectivity index (χ2v) is 35.0. The Morgan fingerprint density at radius 3 is 1.26 bits per heavy atom. The largest absolute Gasteiger partial charge is 0.516 e. The monoisotopic (exact) mass is 1920 g/mol. The van der Waals surface area contributed by atoms with Gasteiger partial charge in [-0.1, -0.05) is 109 Å². The Labute approximate surface area is 804 Å². The van der Waals surface area contributed by atoms with E-state index in [1.54, 1.807) is 81.5 Å². The van der Waals surface area contributed by atoms with Crippen molar-refractivity contribution in [3.8, 4) is 41.8 Å². The molecular weight excluding hydrogens is 1790 g/mol. The summed E-state index contributed by atoms with van der Waals surface area (Å²) < 4.78 is 91.1. The minimum atomic E-state index is -1.07. The van der Waals surface area contributed by atoms with Crippen molar-refractivity contribution in [1.82, 2.24) is 92.4 Å². The number of likely N-dealkylation sites (tertiary alicyclic amines) is 3. The normalized spacial score (nSPS) is 15.6. The number of ether oxygens (including phenoxy) is 13. The number of nitrogens with zero attached hydrogens (tertiary/aromatic N) is 18. The maximum atomic E-state index is 14.4. The molecule has 0 bridgehead atoms. The first kappa shape index (κ1) is 101. The lowest BCUT2D eigenvalue weighted by molar-refractivity contribution is 0.0690. The molecule has 8 aromatic heterocycles. The Hall–Kier alpha value is -13.7. The second-order valence-electron chi connectivity index (χ2n) is 35.0. The molecule has 41 heteroatoms. The molecule has 9 N–H and O–H groups in total. The Balaban J connectivity index is 0.000000148. The van der Waals surface area contributed by atoms with Gasteiger partial charge in [0, 0.05) is 48.1 Å². The maximum Gasteiger partial charge on any atom is 0.516 e. The van der Waals surface area contributed by atoms with Gasteiger partial charge in [-0.2, -0.15) is 49.8 Å². The SMILES string of the molecule is CCOC(=O)Oc1nc2c(N)nc(OCCOC)nc2n1Cc1cccc(CN2CCCC2)c1.COCCOc1nc(N)c2[nH]c(=O)n(Cc3cccc(CC4CCCC(C)(F)C4)c3)c2n1.COCCOc1nc(N)c2c(n1)n(Cc1cccc(CN3CCCC3)c1)c(=O)n2Cc1ccc(OC)cc1.COCCOc1nc(N)c2nc(OC(=O)OC(C)C)n(Cc3cccc(CN4CCCC4)c3)c2n1. The standard InChI is InChI=1S/C28H34N6O4.C24H32N6O5.C23H30FN5O3.C23H30N6O5/c1-36-14-15-38-27-30-25(29)24-26(31-27)34(28(35)33(24)18-20-8-10-23(37-2)11-9-20)19-22-7-5-6-21(16-22)17-32-12-3-4-13-32;1-16(2)34-24(31)35-23-26-19-20(25)27-22(33-12-11-32-3)28-21(19)30(23)15-18-8-6-7-17(13-18)14-29-9-4-5-10-29;1-23(24)8-4-7-16(13-23)11-15-5-3-6-17(12-15)14-29-20-18(26-22(29)30)19(25)27-21(28-20)32-10-9-31-2;1-3-32-23(30)34-22-25-18-19(24)26-21(33-12-11-31-2)27-20(18)29(22)15-17-8-6-7-16(13-17)14-28-9-4-5-10-28/h5-11,16H,3-4,12-15,17-19H2,1-2H3,(H2,29,30,31);6-8,13,16H,4-5,9-12,14-15H2,1-3H3,(H2,25,27,28);3,5-6,12,16H,4,7-11,13-14H2,1-2H3,(H,26,30)(H2,25,27,28);6-8,13H,3-5,9-12,14-15H2,1-2H3,(H2,24,26,27). The van der Waals surface area contributed by atoms with Crippen LogP contribution in [0.3, 0.4) is 0 Å². The van der Waals surface area contributed by atoms with Gasteiger partial charge < -0.3 is 89.5 Å². The summed E-state index contributed by atoms with van der Waals surface area (Å²) in [6, 6.07) is 41.1. The van der Waals surface area contributed by atoms with E-state index in [-0.39, 0.29) is 110 Å². The zero-order valence-electron chi connectivity index (χ0n) is 80.4. The molecule has 0 spiro atoms. The second kappa shape index (κ2) is 49.0. The highest BCUT2D eigenvalue weighted by molar-refractivity contribution is 5.86. The average molecular weight is 1920 g/mol. The molecule has 742 valence electrons. The van der Waals surface area contributed by atoms with E-state index in [1.165, 1.54) is 59.8 Å². The zero-order chi connectivity index (χ0) is 97.9. The summed E-state index contributed by atoms with van der Waals surface area (Å²) in [7, 11) is 7.95. The van der Waals surface area contributed by atoms with Crippen molar-refractivity contribution in [3.63, 3.8) is 0 Å². The van der Waals surface area contributed by atoms with Gasteiger partial charge in [0.25, 0.3) is 0 Å². The molecule has 1 aliphatic carbocycles. The van der Waals surface area contributed by atoms with Gasteiger partial charge in [0.15, 0.2) is 56.9 Å². The number of hydrogen-bond donors (Lipinski definition) is 5. The Morgan fingerprint density at radius 1 is 0.439 bits per heavy atom. The summed E-state index contributed by atoms with van der Waals surface area (Å²) in [6.07, 6.45) is 9.47. The van der Waals surface area contributed by atoms with Gasteiger partial charge >= 0.3 is 59.8 Å². The van der Waals surface area contributed by atoms with E-state index in [4.69, 9.17) is 84.5 Å². The van der Waals surface area contributed by atoms with E-state index in [1.807, 2.05) is 72.8 Å². The molecule has 5 aromatic carbocycles. The first-order chi connectivity index (χ1) is 67.4. The van der Waals surface area contributed by atoms with Gasteiger partial charge in [-0.25, -0.2) is 23.6 Å². The number of nitrogens with two attached hydrogens (primary N) is 4. The van der Waals surface area contributed by atoms with E-state index in [0.29, 0.717) is 123 Å². The van der Waals surface area contributed by atoms with Crippen LogP contribution in [0.5, 0.6) is 41.8 Å². The highest BCUT2D eigenvalue weighted by atomic mass is 19.1. The van der Waals surface area contributed by atoms with Crippen molar-refractivity contribution < 1.29 is 75.6 Å². The van der Waals surface area contributed by atoms with Crippen molar-refractivity contribution in [2.75, 3.05) is 157 Å². The molecule has 4 fully saturated rings. The highest BCUT2D eigenvalue weighted by Crippen LogP contribution is 2.38. The molecule has 139 heavy (non-hydrogen) atoms. The topological polar surface area (TPSA) is 471 Å². The number of anilines is 4. The van der Waals surface area contributed by atoms with E-state index < -0.39 is 18.0 Å². The number of carbonyl (C=O) groups excluding carboxylic acids is 2. The number of nitrogens with one attached hydrogen (secondary N) is 1. The summed E-state index contributed by atoms with van der Waals surface area (Å²) in [5.74, 6) is 1.66. The summed E-state index contributed by atoms with van der Waals surface area (Å²) in [5, 5.41) is 0. The molecule has 11 heterocycles. The van der Waals surface area contributed by atoms with Gasteiger partial charge in [-0.15, -0.1) is 0 Å². The third-order valence-corrected chi connectivity index (χ3v) is 23.8. The number of rotatable bonds is 39. The predicted molar refractivity (Wildman–Crippen MR) is 521 cm³/mol. The third kappa shape index (κ3) is 27.9. The number of nitrogen functional groups attached to an aromatic ring is 4. The molecular formula is C98H126FN23O17. The number of benzene rings is 5. The lowest BCUT2D eigenvalue weighted by Gasteiger charge is -2.32. The van der Waals surface area contributed by atoms with Crippen molar-refractivity contribution in [2.24, 2.45) is 5.92 Å². The Morgan fingerprint density at radius 2 is 0.827 bits per heavy atom. The van der Waals surface area contributed by atoms with E-state index in [9.17, 15) is 23.6 Å². The van der Waals surface area contributed by atoms with Gasteiger partial charge in [0.05, 0.1) is 79.0 Å². The van der Waals surface area contributed by atoms with Crippen LogP contribution in [0.15, 0.2) is 131 Å². The molecule has 17 rings (SSSR count). The van der Waals surface area contributed by atoms with E-state index in [2.05, 4.69) is 118 Å². The van der Waals surface area contributed by atoms with Gasteiger partial charge in [0.2, 0.25) is 0 Å². The van der Waals surface area contributed by atoms with Crippen LogP contribution in [0.25, 0.3) is 44.7 Å². The van der Waals surface area contributed by atoms with Crippen LogP contribution >= 0.6 is 0 Å². The first-order valence-corrected chi connectivity index (χ1v) is 47.0. The summed E-state index contributed by atoms with van der Waals surface area (Å²) in [4.78, 5) is 104. The maximum absolute atomic E-state index is 14.4. The smallest absolute Gasteiger partial charge is 0.497 e. The number of aromatic amines is 1. The van der Waals surface area contributed by atoms with E-state index in [0.717, 1.165) is 117 Å². The van der Waals surface area contributed by atoms with Crippen LogP contribution in [0.2, 0.25) is 0 Å². The number of aromatic nitrogens is 16. The fourth-order valence-electron chi connectivity index (χ4n) is 17.4. The molecule has 0 amide bonds. The number of imidazole rings is 4. The molecule has 13 aromatic rings. The molecule has 2 unspecified atom stereocenters. The molecule has 1 saturated carbocycles. The van der Waals surface area contributed by atoms with Crippen LogP contribution < -0.4 is 67.5 Å². The number of methoxy groups -OCH3 is 5. The zero-order valence-corrected chi connectivity index (χ0v) is 80.4. The summed E-state index contributed by atoms with van der Waals surface area (Å²) in [6.45, 7) is 20.8. The molecule has 4 aliphatic rings. The predicted octanol–water partition coefficient (Wildman–Crippen LogP) is 11.8. The summed E-state index contributed by atoms with van der Waals surface area (Å²) >= 11 is 0. The summed E-state index contributed by atoms with van der Waals surface area (Å²) in [5.41, 5.74) is 35.9. The van der Waals surface area contributed by atoms with E-state index >= 15 is 0 Å². The molecule has 2 atom stereocenters. The molecule has 3 aliphatic heterocycles. The number of H-pyrrole nitrogens is 1. The van der Waals surface area contributed by atoms with Crippen LogP contribution in [-0.2, 0) is 87.2 Å². The minimum absolute atomic E-state index is 0.0191. The fourth-order valence-corrected chi connectivity index (χ4v) is 17.4. The quantitative estimate of drug-likeness (QED) is 0.0176. The number of hydrogen-bond acceptors (Lipinski definition) is 34. The molecule has 3 saturated heterocycles. The molecule has 0 radical (unpaired) electrons. The van der Waals surface area contributed by atoms with Crippen LogP contribution in [0.4, 0.5) is 37.3 Å². The highest BCUT2D eigenvalue weighted by Gasteiger charge is 2.33. The number of fused-ring (bicyclic) bond motifs is 4. The van der Waals surface area contributed by atoms with Crippen LogP contribution in [-0.4, -0.2) is 251 Å². The average Bonchev–Trinajstić information content (AvgIpc) is 1.62. The Bertz CT molecular complexity index is 6380. The lowest BCUT2D eigenvalue weighted by Crippen LogP contribution is -2.28. The van der Waals surface area contributed by atoms with Crippen molar-refractivity contribution >= 4 is 80.2 Å². The first-order valence-electron chi connectivity index (χ1n) is 47.0. The van der Waals surface area contributed by atoms with Crippen molar-refractivity contribution in [2.45, 2.75) is 162 Å². The number of carbonyl (C=O) groups is 2. The fraction of sp³-hybridized carbons (Fsp3) is 0.469. The molecule has 40 nitrogen and oxygen atoms in total. The van der Waals surface area contributed by atoms with Crippen LogP contribution in [0, 0.1) is 5.92 Å². The van der Waals surface area contributed by atoms with Gasteiger partial charge in [0.1, 0.15) is 48.9 Å².